The Labute approximate surface area is 207 Å². The predicted molar refractivity (Wildman–Crippen MR) is 132 cm³/mol. The number of hydrogen-bond donors (Lipinski definition) is 4. The maximum absolute atomic E-state index is 13.7. The lowest BCUT2D eigenvalue weighted by molar-refractivity contribution is -0.144. The molecule has 2 rings (SSSR count). The van der Waals surface area contributed by atoms with Crippen LogP contribution in [0.4, 0.5) is 29.3 Å². The van der Waals surface area contributed by atoms with Crippen LogP contribution in [-0.2, 0) is 15.7 Å². The third-order valence-electron chi connectivity index (χ3n) is 4.87. The Morgan fingerprint density at radius 2 is 1.78 bits per heavy atom. The molecule has 8 nitrogen and oxygen atoms in total. The highest BCUT2D eigenvalue weighted by molar-refractivity contribution is 5.95. The Balaban J connectivity index is 2.15. The number of amidine groups is 1. The maximum Gasteiger partial charge on any atom is 0.417 e. The number of nitrogens with zero attached hydrogens (tertiary/aromatic N) is 1. The topological polar surface area (TPSA) is 121 Å². The fourth-order valence-corrected chi connectivity index (χ4v) is 3.05. The molecule has 0 aromatic heterocycles. The summed E-state index contributed by atoms with van der Waals surface area (Å²) in [6.07, 6.45) is -4.70. The number of rotatable bonds is 8. The predicted octanol–water partition coefficient (Wildman–Crippen LogP) is 4.26. The molecule has 0 saturated heterocycles. The summed E-state index contributed by atoms with van der Waals surface area (Å²) in [4.78, 5) is 25.6. The van der Waals surface area contributed by atoms with Gasteiger partial charge in [0.05, 0.1) is 18.7 Å². The molecule has 0 atom stereocenters. The van der Waals surface area contributed by atoms with Crippen LogP contribution in [0.1, 0.15) is 37.5 Å². The van der Waals surface area contributed by atoms with Crippen molar-refractivity contribution in [2.75, 3.05) is 30.3 Å². The quantitative estimate of drug-likeness (QED) is 0.186. The summed E-state index contributed by atoms with van der Waals surface area (Å²) in [5.74, 6) is 4.47. The number of benzene rings is 2. The minimum absolute atomic E-state index is 0.0726. The van der Waals surface area contributed by atoms with Gasteiger partial charge in [0.2, 0.25) is 0 Å². The first kappa shape index (κ1) is 28.0. The molecule has 11 heteroatoms. The SMILES string of the molecule is CCOC(=O)CN(C(=O)Nc1ccc(C#CCNc2ccc(C(=N)N)cc2)c(C(F)(F)F)c1)C(C)C. The summed E-state index contributed by atoms with van der Waals surface area (Å²) in [7, 11) is 0. The molecule has 0 heterocycles. The Hall–Kier alpha value is -4.20. The zero-order chi connectivity index (χ0) is 26.9. The average molecular weight is 504 g/mol. The van der Waals surface area contributed by atoms with Crippen molar-refractivity contribution < 1.29 is 27.5 Å². The number of carbonyl (C=O) groups excluding carboxylic acids is 2. The molecule has 0 aliphatic carbocycles. The number of ether oxygens (including phenoxy) is 1. The number of hydrogen-bond acceptors (Lipinski definition) is 5. The third kappa shape index (κ3) is 8.23. The zero-order valence-electron chi connectivity index (χ0n) is 20.1. The Morgan fingerprint density at radius 3 is 2.33 bits per heavy atom. The summed E-state index contributed by atoms with van der Waals surface area (Å²) in [6, 6.07) is 8.81. The first-order valence-electron chi connectivity index (χ1n) is 11.0. The molecular weight excluding hydrogens is 475 g/mol. The van der Waals surface area contributed by atoms with Crippen LogP contribution in [0.5, 0.6) is 0 Å². The Bertz CT molecular complexity index is 1150. The standard InChI is InChI=1S/C25H28F3N5O3/c1-4-36-22(34)15-33(16(2)3)24(35)32-20-12-7-17(21(14-20)25(26,27)28)6-5-13-31-19-10-8-18(9-11-19)23(29)30/h7-12,14,16,31H,4,13,15H2,1-3H3,(H3,29,30)(H,32,35). The van der Waals surface area contributed by atoms with Crippen molar-refractivity contribution in [1.29, 1.82) is 5.41 Å². The van der Waals surface area contributed by atoms with Crippen molar-refractivity contribution >= 4 is 29.2 Å². The second-order valence-corrected chi connectivity index (χ2v) is 7.86. The highest BCUT2D eigenvalue weighted by Crippen LogP contribution is 2.33. The molecule has 0 radical (unpaired) electrons. The summed E-state index contributed by atoms with van der Waals surface area (Å²) in [5.41, 5.74) is 5.28. The number of alkyl halides is 3. The van der Waals surface area contributed by atoms with Gasteiger partial charge >= 0.3 is 18.2 Å². The van der Waals surface area contributed by atoms with E-state index in [1.165, 1.54) is 12.1 Å². The fraction of sp³-hybridized carbons (Fsp3) is 0.320. The van der Waals surface area contributed by atoms with Gasteiger partial charge in [-0.15, -0.1) is 0 Å². The van der Waals surface area contributed by atoms with E-state index in [9.17, 15) is 22.8 Å². The van der Waals surface area contributed by atoms with Crippen LogP contribution in [0, 0.1) is 17.3 Å². The van der Waals surface area contributed by atoms with Crippen molar-refractivity contribution in [2.24, 2.45) is 5.73 Å². The van der Waals surface area contributed by atoms with Gasteiger partial charge in [-0.05, 0) is 63.2 Å². The molecule has 0 unspecified atom stereocenters. The lowest BCUT2D eigenvalue weighted by Crippen LogP contribution is -2.43. The minimum atomic E-state index is -4.70. The van der Waals surface area contributed by atoms with E-state index in [0.29, 0.717) is 11.3 Å². The molecule has 0 fully saturated rings. The second kappa shape index (κ2) is 12.5. The largest absolute Gasteiger partial charge is 0.465 e. The number of nitrogens with two attached hydrogens (primary N) is 1. The van der Waals surface area contributed by atoms with Crippen molar-refractivity contribution in [3.8, 4) is 11.8 Å². The molecule has 5 N–H and O–H groups in total. The molecule has 0 aliphatic rings. The number of anilines is 2. The number of halogens is 3. The highest BCUT2D eigenvalue weighted by atomic mass is 19.4. The monoisotopic (exact) mass is 503 g/mol. The van der Waals surface area contributed by atoms with Crippen LogP contribution in [0.25, 0.3) is 0 Å². The smallest absolute Gasteiger partial charge is 0.417 e. The first-order valence-corrected chi connectivity index (χ1v) is 11.0. The summed E-state index contributed by atoms with van der Waals surface area (Å²) in [5, 5.41) is 12.7. The molecule has 0 bridgehead atoms. The summed E-state index contributed by atoms with van der Waals surface area (Å²) < 4.78 is 45.9. The fourth-order valence-electron chi connectivity index (χ4n) is 3.05. The molecule has 2 aromatic carbocycles. The Morgan fingerprint density at radius 1 is 1.14 bits per heavy atom. The molecule has 0 spiro atoms. The van der Waals surface area contributed by atoms with E-state index >= 15 is 0 Å². The van der Waals surface area contributed by atoms with E-state index in [4.69, 9.17) is 15.9 Å². The number of amides is 2. The number of nitrogens with one attached hydrogen (secondary N) is 3. The second-order valence-electron chi connectivity index (χ2n) is 7.86. The van der Waals surface area contributed by atoms with E-state index in [-0.39, 0.29) is 36.8 Å². The van der Waals surface area contributed by atoms with Crippen molar-refractivity contribution in [3.63, 3.8) is 0 Å². The lowest BCUT2D eigenvalue weighted by atomic mass is 10.1. The van der Waals surface area contributed by atoms with E-state index in [2.05, 4.69) is 22.5 Å². The maximum atomic E-state index is 13.7. The van der Waals surface area contributed by atoms with Gasteiger partial charge in [-0.1, -0.05) is 11.8 Å². The van der Waals surface area contributed by atoms with Crippen molar-refractivity contribution in [1.82, 2.24) is 4.90 Å². The van der Waals surface area contributed by atoms with Gasteiger partial charge in [0.25, 0.3) is 0 Å². The molecule has 0 aliphatic heterocycles. The normalized spacial score (nSPS) is 10.8. The van der Waals surface area contributed by atoms with Gasteiger partial charge in [0.15, 0.2) is 0 Å². The number of carbonyl (C=O) groups is 2. The molecule has 36 heavy (non-hydrogen) atoms. The summed E-state index contributed by atoms with van der Waals surface area (Å²) >= 11 is 0. The molecule has 192 valence electrons. The van der Waals surface area contributed by atoms with Gasteiger partial charge in [0, 0.05) is 28.5 Å². The summed E-state index contributed by atoms with van der Waals surface area (Å²) in [6.45, 7) is 4.86. The number of esters is 1. The van der Waals surface area contributed by atoms with E-state index in [1.807, 2.05) is 0 Å². The van der Waals surface area contributed by atoms with Crippen LogP contribution in [0.15, 0.2) is 42.5 Å². The average Bonchev–Trinajstić information content (AvgIpc) is 2.80. The van der Waals surface area contributed by atoms with E-state index < -0.39 is 29.8 Å². The van der Waals surface area contributed by atoms with Gasteiger partial charge in [-0.3, -0.25) is 10.2 Å². The number of urea groups is 1. The number of nitrogen functional groups attached to an aromatic ring is 1. The van der Waals surface area contributed by atoms with Crippen molar-refractivity contribution in [2.45, 2.75) is 33.0 Å². The van der Waals surface area contributed by atoms with Crippen LogP contribution >= 0.6 is 0 Å². The van der Waals surface area contributed by atoms with E-state index in [1.54, 1.807) is 45.0 Å². The first-order chi connectivity index (χ1) is 16.9. The van der Waals surface area contributed by atoms with Gasteiger partial charge in [-0.2, -0.15) is 13.2 Å². The van der Waals surface area contributed by atoms with Crippen LogP contribution in [0.3, 0.4) is 0 Å². The molecule has 2 amide bonds. The third-order valence-corrected chi connectivity index (χ3v) is 4.87. The van der Waals surface area contributed by atoms with Crippen LogP contribution < -0.4 is 16.4 Å². The molecule has 0 saturated carbocycles. The molecule has 2 aromatic rings. The van der Waals surface area contributed by atoms with E-state index in [0.717, 1.165) is 11.0 Å². The highest BCUT2D eigenvalue weighted by Gasteiger charge is 2.33. The minimum Gasteiger partial charge on any atom is -0.465 e. The van der Waals surface area contributed by atoms with Crippen molar-refractivity contribution in [3.05, 3.63) is 59.2 Å². The lowest BCUT2D eigenvalue weighted by Gasteiger charge is -2.26. The van der Waals surface area contributed by atoms with Gasteiger partial charge in [-0.25, -0.2) is 4.79 Å². The van der Waals surface area contributed by atoms with Gasteiger partial charge in [0.1, 0.15) is 12.4 Å². The Kier molecular flexibility index (Phi) is 9.73. The van der Waals surface area contributed by atoms with Gasteiger partial charge < -0.3 is 26.0 Å². The molecular formula is C25H28F3N5O3. The van der Waals surface area contributed by atoms with Crippen LogP contribution in [-0.4, -0.2) is 48.5 Å². The zero-order valence-corrected chi connectivity index (χ0v) is 20.1. The van der Waals surface area contributed by atoms with Crippen LogP contribution in [0.2, 0.25) is 0 Å².